The van der Waals surface area contributed by atoms with Gasteiger partial charge in [-0.2, -0.15) is 0 Å². The van der Waals surface area contributed by atoms with Gasteiger partial charge < -0.3 is 9.05 Å². The molecule has 0 unspecified atom stereocenters. The van der Waals surface area contributed by atoms with Crippen LogP contribution in [-0.4, -0.2) is 40.2 Å². The molecular formula is C20H48O6P2. The van der Waals surface area contributed by atoms with Crippen molar-refractivity contribution in [1.29, 1.82) is 0 Å². The van der Waals surface area contributed by atoms with Crippen molar-refractivity contribution >= 4 is 15.5 Å². The summed E-state index contributed by atoms with van der Waals surface area (Å²) in [5, 5.41) is 0. The normalized spacial score (nSPS) is 12.5. The summed E-state index contributed by atoms with van der Waals surface area (Å²) in [6.07, 6.45) is 13.2. The summed E-state index contributed by atoms with van der Waals surface area (Å²) in [4.78, 5) is 25.5. The Morgan fingerprint density at radius 2 is 1.04 bits per heavy atom. The minimum atomic E-state index is -3.69. The molecule has 28 heavy (non-hydrogen) atoms. The van der Waals surface area contributed by atoms with E-state index in [2.05, 4.69) is 20.8 Å². The zero-order valence-corrected chi connectivity index (χ0v) is 20.7. The van der Waals surface area contributed by atoms with Gasteiger partial charge in [-0.05, 0) is 19.3 Å². The molecule has 0 rings (SSSR count). The van der Waals surface area contributed by atoms with Crippen molar-refractivity contribution in [3.63, 3.8) is 0 Å². The second kappa shape index (κ2) is 20.7. The number of hydrogen-bond donors (Lipinski definition) is 3. The van der Waals surface area contributed by atoms with Crippen molar-refractivity contribution < 1.29 is 28.3 Å². The van der Waals surface area contributed by atoms with Crippen molar-refractivity contribution in [3.05, 3.63) is 0 Å². The van der Waals surface area contributed by atoms with Gasteiger partial charge >= 0.3 is 62.6 Å². The van der Waals surface area contributed by atoms with Crippen LogP contribution in [0.15, 0.2) is 0 Å². The quantitative estimate of drug-likeness (QED) is 0.166. The predicted molar refractivity (Wildman–Crippen MR) is 122 cm³/mol. The molecule has 174 valence electrons. The molecule has 3 N–H and O–H groups in total. The Labute approximate surface area is 174 Å². The number of unbranched alkanes of at least 4 members (excludes halogenated alkanes) is 8. The molecule has 0 saturated heterocycles. The topological polar surface area (TPSA) is 96.2 Å². The first-order valence-corrected chi connectivity index (χ1v) is 15.1. The molecule has 0 aliphatic rings. The molecule has 0 fully saturated rings. The molecule has 8 heteroatoms. The van der Waals surface area contributed by atoms with Crippen LogP contribution in [0.2, 0.25) is 0 Å². The van der Waals surface area contributed by atoms with Gasteiger partial charge in [0.25, 0.3) is 0 Å². The molecule has 0 aromatic carbocycles. The van der Waals surface area contributed by atoms with Crippen molar-refractivity contribution in [2.45, 2.75) is 105 Å². The van der Waals surface area contributed by atoms with Gasteiger partial charge in [0.1, 0.15) is 0 Å². The van der Waals surface area contributed by atoms with Gasteiger partial charge in [-0.15, -0.1) is 0 Å². The fourth-order valence-electron chi connectivity index (χ4n) is 2.45. The maximum absolute atomic E-state index is 12.6. The molecule has 0 saturated carbocycles. The van der Waals surface area contributed by atoms with Gasteiger partial charge in [-0.25, -0.2) is 0 Å². The molecule has 0 bridgehead atoms. The molecule has 0 aliphatic carbocycles. The van der Waals surface area contributed by atoms with E-state index in [1.54, 1.807) is 0 Å². The summed E-state index contributed by atoms with van der Waals surface area (Å²) in [5.74, 6) is 0. The molecule has 6 nitrogen and oxygen atoms in total. The van der Waals surface area contributed by atoms with E-state index in [9.17, 15) is 4.57 Å². The van der Waals surface area contributed by atoms with Crippen LogP contribution < -0.4 is 0 Å². The van der Waals surface area contributed by atoms with Crippen LogP contribution in [0.3, 0.4) is 0 Å². The van der Waals surface area contributed by atoms with Gasteiger partial charge in [0, 0.05) is 0 Å². The van der Waals surface area contributed by atoms with E-state index in [0.717, 1.165) is 70.6 Å². The summed E-state index contributed by atoms with van der Waals surface area (Å²) in [7, 11) is -6.52. The molecule has 0 radical (unpaired) electrons. The molecule has 0 atom stereocenters. The first-order chi connectivity index (χ1) is 13.2. The summed E-state index contributed by atoms with van der Waals surface area (Å²) in [6, 6.07) is 0. The second-order valence-corrected chi connectivity index (χ2v) is 11.6. The Bertz CT molecular complexity index is 345. The number of rotatable bonds is 18. The Hall–Kier alpha value is 0.460. The molecule has 0 aromatic rings. The van der Waals surface area contributed by atoms with Crippen LogP contribution in [0, 0.1) is 0 Å². The Morgan fingerprint density at radius 1 is 0.643 bits per heavy atom. The Morgan fingerprint density at radius 3 is 1.43 bits per heavy atom. The number of hydrogen-bond acceptors (Lipinski definition) is 6. The van der Waals surface area contributed by atoms with Crippen LogP contribution >= 0.6 is 15.5 Å². The average molecular weight is 447 g/mol. The van der Waals surface area contributed by atoms with Gasteiger partial charge in [-0.3, -0.25) is 4.57 Å². The van der Waals surface area contributed by atoms with Crippen LogP contribution in [0.5, 0.6) is 0 Å². The third-order valence-corrected chi connectivity index (χ3v) is 7.26. The molecule has 0 heterocycles. The van der Waals surface area contributed by atoms with E-state index in [4.69, 9.17) is 23.7 Å². The third kappa shape index (κ3) is 24.5. The Kier molecular flexibility index (Phi) is 22.7. The standard InChI is InChI=1S/C15H33O3P.C5H15O3P/c1-4-7-10-13-17-19(16,15-12-9-6-3)18-14-11-8-5-2;1-2-3-4-5-9(6,7)8/h4-15H2,1-3H3;6-9H,2-5H2,1H3. The average Bonchev–Trinajstić information content (AvgIpc) is 2.63. The van der Waals surface area contributed by atoms with Crippen LogP contribution in [-0.2, 0) is 13.6 Å². The molecule has 0 aliphatic heterocycles. The SMILES string of the molecule is CCCCCOP(=O)(CCCCC)OCCCCC.CCCCC[PH](O)(O)O. The van der Waals surface area contributed by atoms with E-state index in [0.29, 0.717) is 25.8 Å². The van der Waals surface area contributed by atoms with Crippen molar-refractivity contribution in [2.24, 2.45) is 0 Å². The van der Waals surface area contributed by atoms with Crippen LogP contribution in [0.25, 0.3) is 0 Å². The summed E-state index contributed by atoms with van der Waals surface area (Å²) < 4.78 is 23.8. The van der Waals surface area contributed by atoms with E-state index in [1.807, 2.05) is 6.92 Å². The zero-order chi connectivity index (χ0) is 21.7. The van der Waals surface area contributed by atoms with E-state index in [-0.39, 0.29) is 6.16 Å². The van der Waals surface area contributed by atoms with Crippen molar-refractivity contribution in [2.75, 3.05) is 25.5 Å². The van der Waals surface area contributed by atoms with Gasteiger partial charge in [-0.1, -0.05) is 59.3 Å². The van der Waals surface area contributed by atoms with Gasteiger partial charge in [0.05, 0.1) is 19.4 Å². The third-order valence-electron chi connectivity index (χ3n) is 4.22. The monoisotopic (exact) mass is 446 g/mol. The minimum absolute atomic E-state index is 0.181. The van der Waals surface area contributed by atoms with Crippen LogP contribution in [0.4, 0.5) is 0 Å². The van der Waals surface area contributed by atoms with E-state index < -0.39 is 15.5 Å². The summed E-state index contributed by atoms with van der Waals surface area (Å²) in [5.41, 5.74) is 0. The molecule has 0 amide bonds. The van der Waals surface area contributed by atoms with Gasteiger partial charge in [0.2, 0.25) is 0 Å². The first kappa shape index (κ1) is 30.7. The predicted octanol–water partition coefficient (Wildman–Crippen LogP) is 6.43. The fraction of sp³-hybridized carbons (Fsp3) is 1.00. The van der Waals surface area contributed by atoms with Crippen molar-refractivity contribution in [1.82, 2.24) is 0 Å². The molecule has 0 aromatic heterocycles. The molecular weight excluding hydrogens is 398 g/mol. The first-order valence-electron chi connectivity index (χ1n) is 11.3. The van der Waals surface area contributed by atoms with Crippen molar-refractivity contribution in [3.8, 4) is 0 Å². The van der Waals surface area contributed by atoms with Gasteiger partial charge in [0.15, 0.2) is 0 Å². The zero-order valence-electron chi connectivity index (χ0n) is 18.8. The summed E-state index contributed by atoms with van der Waals surface area (Å²) in [6.45, 7) is 9.63. The Balaban J connectivity index is 0. The summed E-state index contributed by atoms with van der Waals surface area (Å²) >= 11 is 0. The fourth-order valence-corrected chi connectivity index (χ4v) is 4.93. The second-order valence-electron chi connectivity index (χ2n) is 7.35. The van der Waals surface area contributed by atoms with Crippen LogP contribution in [0.1, 0.15) is 105 Å². The van der Waals surface area contributed by atoms with E-state index in [1.165, 1.54) is 0 Å². The maximum atomic E-state index is 12.6. The van der Waals surface area contributed by atoms with E-state index >= 15 is 0 Å². The molecule has 0 spiro atoms.